The maximum absolute atomic E-state index is 12.4. The minimum atomic E-state index is -0.338. The number of thiophene rings is 1. The molecule has 0 saturated carbocycles. The normalized spacial score (nSPS) is 10.9. The van der Waals surface area contributed by atoms with Crippen molar-refractivity contribution in [3.63, 3.8) is 0 Å². The molecule has 0 bridgehead atoms. The van der Waals surface area contributed by atoms with Gasteiger partial charge in [0.1, 0.15) is 0 Å². The number of aromatic nitrogens is 1. The summed E-state index contributed by atoms with van der Waals surface area (Å²) in [5.41, 5.74) is 3.65. The Balaban J connectivity index is 1.34. The van der Waals surface area contributed by atoms with Crippen molar-refractivity contribution in [3.05, 3.63) is 76.7 Å². The number of H-pyrrole nitrogens is 1. The molecule has 2 amide bonds. The first-order valence-corrected chi connectivity index (χ1v) is 10.3. The number of nitrogens with one attached hydrogen (secondary N) is 3. The monoisotopic (exact) mass is 407 g/mol. The number of hydrogen-bond acceptors (Lipinski definition) is 4. The first-order chi connectivity index (χ1) is 14.2. The van der Waals surface area contributed by atoms with Crippen LogP contribution < -0.4 is 10.6 Å². The van der Waals surface area contributed by atoms with Crippen molar-refractivity contribution in [1.82, 2.24) is 10.3 Å². The summed E-state index contributed by atoms with van der Waals surface area (Å²) in [5, 5.41) is 7.49. The first kappa shape index (κ1) is 19.0. The van der Waals surface area contributed by atoms with Gasteiger partial charge in [0.25, 0.3) is 11.8 Å². The maximum atomic E-state index is 12.4. The molecule has 0 unspecified atom stereocenters. The van der Waals surface area contributed by atoms with Crippen LogP contribution in [0.1, 0.15) is 38.3 Å². The van der Waals surface area contributed by atoms with Crippen LogP contribution in [0.5, 0.6) is 0 Å². The summed E-state index contributed by atoms with van der Waals surface area (Å²) in [5.74, 6) is -0.258. The van der Waals surface area contributed by atoms with E-state index in [9.17, 15) is 9.59 Å². The highest BCUT2D eigenvalue weighted by Gasteiger charge is 2.13. The third kappa shape index (κ3) is 4.09. The second kappa shape index (κ2) is 8.36. The molecule has 29 heavy (non-hydrogen) atoms. The molecule has 0 aliphatic heterocycles. The molecule has 4 aromatic rings. The van der Waals surface area contributed by atoms with Crippen molar-refractivity contribution in [1.29, 1.82) is 0 Å². The number of carbonyl (C=O) groups is 2. The first-order valence-electron chi connectivity index (χ1n) is 9.46. The molecule has 0 aliphatic rings. The molecule has 3 aromatic heterocycles. The number of anilines is 1. The fraction of sp³-hybridized carbons (Fsp3) is 0.182. The largest absolute Gasteiger partial charge is 0.459 e. The third-order valence-electron chi connectivity index (χ3n) is 4.76. The van der Waals surface area contributed by atoms with Gasteiger partial charge in [0.05, 0.1) is 16.1 Å². The second-order valence-corrected chi connectivity index (χ2v) is 7.69. The van der Waals surface area contributed by atoms with Gasteiger partial charge in [0, 0.05) is 23.6 Å². The van der Waals surface area contributed by atoms with Crippen LogP contribution in [0.2, 0.25) is 0 Å². The number of para-hydroxylation sites is 1. The van der Waals surface area contributed by atoms with Gasteiger partial charge in [-0.2, -0.15) is 0 Å². The summed E-state index contributed by atoms with van der Waals surface area (Å²) < 4.78 is 5.07. The summed E-state index contributed by atoms with van der Waals surface area (Å²) >= 11 is 1.23. The molecule has 0 fully saturated rings. The van der Waals surface area contributed by atoms with Gasteiger partial charge in [-0.05, 0) is 48.2 Å². The van der Waals surface area contributed by atoms with Crippen LogP contribution in [0.15, 0.2) is 59.3 Å². The Morgan fingerprint density at radius 3 is 2.76 bits per heavy atom. The molecule has 0 atom stereocenters. The molecule has 0 radical (unpaired) electrons. The van der Waals surface area contributed by atoms with Gasteiger partial charge in [-0.15, -0.1) is 11.3 Å². The molecule has 3 heterocycles. The van der Waals surface area contributed by atoms with Gasteiger partial charge in [-0.3, -0.25) is 9.59 Å². The van der Waals surface area contributed by atoms with Gasteiger partial charge >= 0.3 is 0 Å². The number of aryl methyl sites for hydroxylation is 1. The minimum absolute atomic E-state index is 0.150. The van der Waals surface area contributed by atoms with E-state index in [0.717, 1.165) is 12.8 Å². The summed E-state index contributed by atoms with van der Waals surface area (Å²) in [4.78, 5) is 28.3. The molecule has 0 saturated heterocycles. The molecule has 148 valence electrons. The smallest absolute Gasteiger partial charge is 0.291 e. The van der Waals surface area contributed by atoms with Crippen LogP contribution in [0.3, 0.4) is 0 Å². The van der Waals surface area contributed by atoms with Crippen LogP contribution in [-0.2, 0) is 12.8 Å². The Kier molecular flexibility index (Phi) is 5.48. The fourth-order valence-corrected chi connectivity index (χ4v) is 4.10. The number of carbonyl (C=O) groups excluding carboxylic acids is 2. The molecule has 7 heteroatoms. The average molecular weight is 407 g/mol. The second-order valence-electron chi connectivity index (χ2n) is 6.61. The third-order valence-corrected chi connectivity index (χ3v) is 5.76. The molecule has 0 aliphatic carbocycles. The van der Waals surface area contributed by atoms with E-state index in [1.165, 1.54) is 39.6 Å². The van der Waals surface area contributed by atoms with Crippen LogP contribution in [0.25, 0.3) is 10.9 Å². The predicted octanol–water partition coefficient (Wildman–Crippen LogP) is 4.61. The van der Waals surface area contributed by atoms with Crippen molar-refractivity contribution >= 4 is 39.1 Å². The summed E-state index contributed by atoms with van der Waals surface area (Å²) in [6.07, 6.45) is 5.18. The lowest BCUT2D eigenvalue weighted by Gasteiger charge is -2.04. The van der Waals surface area contributed by atoms with Gasteiger partial charge in [0.2, 0.25) is 0 Å². The molecular formula is C22H21N3O3S. The summed E-state index contributed by atoms with van der Waals surface area (Å²) in [7, 11) is 0. The number of fused-ring (bicyclic) bond motifs is 1. The Bertz CT molecular complexity index is 1140. The van der Waals surface area contributed by atoms with E-state index >= 15 is 0 Å². The van der Waals surface area contributed by atoms with E-state index in [4.69, 9.17) is 4.42 Å². The number of benzene rings is 1. The van der Waals surface area contributed by atoms with Crippen LogP contribution >= 0.6 is 11.3 Å². The zero-order valence-electron chi connectivity index (χ0n) is 16.0. The number of furan rings is 1. The highest BCUT2D eigenvalue weighted by molar-refractivity contribution is 7.18. The van der Waals surface area contributed by atoms with E-state index in [0.29, 0.717) is 16.4 Å². The van der Waals surface area contributed by atoms with Crippen molar-refractivity contribution in [3.8, 4) is 0 Å². The van der Waals surface area contributed by atoms with Crippen LogP contribution in [0, 0.1) is 0 Å². The Morgan fingerprint density at radius 1 is 1.07 bits per heavy atom. The topological polar surface area (TPSA) is 87.1 Å². The maximum Gasteiger partial charge on any atom is 0.291 e. The average Bonchev–Trinajstić information content (AvgIpc) is 3.48. The minimum Gasteiger partial charge on any atom is -0.459 e. The van der Waals surface area contributed by atoms with Crippen molar-refractivity contribution in [2.75, 3.05) is 11.9 Å². The lowest BCUT2D eigenvalue weighted by Crippen LogP contribution is -2.24. The summed E-state index contributed by atoms with van der Waals surface area (Å²) in [6.45, 7) is 2.68. The van der Waals surface area contributed by atoms with Crippen molar-refractivity contribution < 1.29 is 14.0 Å². The number of rotatable bonds is 7. The molecule has 1 aromatic carbocycles. The zero-order chi connectivity index (χ0) is 20.2. The predicted molar refractivity (Wildman–Crippen MR) is 115 cm³/mol. The van der Waals surface area contributed by atoms with Crippen LogP contribution in [0.4, 0.5) is 5.00 Å². The van der Waals surface area contributed by atoms with Crippen LogP contribution in [-0.4, -0.2) is 23.3 Å². The molecule has 3 N–H and O–H groups in total. The Hall–Kier alpha value is -3.32. The van der Waals surface area contributed by atoms with Crippen molar-refractivity contribution in [2.45, 2.75) is 19.8 Å². The zero-order valence-corrected chi connectivity index (χ0v) is 16.8. The van der Waals surface area contributed by atoms with E-state index in [1.807, 2.05) is 6.20 Å². The van der Waals surface area contributed by atoms with E-state index in [-0.39, 0.29) is 17.6 Å². The SMILES string of the molecule is CCc1cccc2c(CCNC(=O)c3ccc(NC(=O)c4ccco4)s3)c[nH]c12. The Morgan fingerprint density at radius 2 is 1.97 bits per heavy atom. The van der Waals surface area contributed by atoms with Crippen molar-refractivity contribution in [2.24, 2.45) is 0 Å². The fourth-order valence-electron chi connectivity index (χ4n) is 3.28. The van der Waals surface area contributed by atoms with Gasteiger partial charge in [0.15, 0.2) is 5.76 Å². The number of aromatic amines is 1. The molecular weight excluding hydrogens is 386 g/mol. The highest BCUT2D eigenvalue weighted by Crippen LogP contribution is 2.24. The number of hydrogen-bond donors (Lipinski definition) is 3. The highest BCUT2D eigenvalue weighted by atomic mass is 32.1. The standard InChI is InChI=1S/C22H21N3O3S/c1-2-14-5-3-6-16-15(13-24-20(14)16)10-11-23-22(27)18-8-9-19(29-18)25-21(26)17-7-4-12-28-17/h3-9,12-13,24H,2,10-11H2,1H3,(H,23,27)(H,25,26). The molecule has 0 spiro atoms. The summed E-state index contributed by atoms with van der Waals surface area (Å²) in [6, 6.07) is 13.0. The van der Waals surface area contributed by atoms with E-state index in [2.05, 4.69) is 40.7 Å². The Labute approximate surface area is 171 Å². The van der Waals surface area contributed by atoms with Gasteiger partial charge in [-0.1, -0.05) is 25.1 Å². The molecule has 6 nitrogen and oxygen atoms in total. The lowest BCUT2D eigenvalue weighted by molar-refractivity contribution is 0.0956. The van der Waals surface area contributed by atoms with E-state index < -0.39 is 0 Å². The lowest BCUT2D eigenvalue weighted by atomic mass is 10.1. The number of amides is 2. The van der Waals surface area contributed by atoms with E-state index in [1.54, 1.807) is 24.3 Å². The van der Waals surface area contributed by atoms with Gasteiger partial charge in [-0.25, -0.2) is 0 Å². The molecule has 4 rings (SSSR count). The van der Waals surface area contributed by atoms with Gasteiger partial charge < -0.3 is 20.0 Å². The quantitative estimate of drug-likeness (QED) is 0.418.